The molecule has 40 heavy (non-hydrogen) atoms. The Morgan fingerprint density at radius 2 is 1.35 bits per heavy atom. The number of piperidine rings is 2. The maximum Gasteiger partial charge on any atom is 0.119 e. The Morgan fingerprint density at radius 1 is 0.750 bits per heavy atom. The third kappa shape index (κ3) is 4.39. The molecule has 2 aromatic carbocycles. The van der Waals surface area contributed by atoms with Crippen LogP contribution >= 0.6 is 12.4 Å². The first-order valence-electron chi connectivity index (χ1n) is 15.9. The summed E-state index contributed by atoms with van der Waals surface area (Å²) in [4.78, 5) is 2.63. The molecule has 6 atom stereocenters. The van der Waals surface area contributed by atoms with Crippen LogP contribution in [0.15, 0.2) is 36.4 Å². The van der Waals surface area contributed by atoms with E-state index in [2.05, 4.69) is 53.7 Å². The number of fused-ring (bicyclic) bond motifs is 2. The molecule has 218 valence electrons. The summed E-state index contributed by atoms with van der Waals surface area (Å²) in [5.74, 6) is 3.80. The van der Waals surface area contributed by atoms with Crippen LogP contribution < -0.4 is 14.8 Å². The van der Waals surface area contributed by atoms with Gasteiger partial charge in [0.2, 0.25) is 0 Å². The van der Waals surface area contributed by atoms with Crippen molar-refractivity contribution in [1.29, 1.82) is 0 Å². The summed E-state index contributed by atoms with van der Waals surface area (Å²) in [5.41, 5.74) is 7.31. The van der Waals surface area contributed by atoms with Gasteiger partial charge in [0.15, 0.2) is 0 Å². The van der Waals surface area contributed by atoms with Crippen molar-refractivity contribution >= 4 is 12.4 Å². The van der Waals surface area contributed by atoms with Crippen molar-refractivity contribution in [3.8, 4) is 11.5 Å². The van der Waals surface area contributed by atoms with Crippen molar-refractivity contribution in [2.75, 3.05) is 34.4 Å². The molecule has 4 nitrogen and oxygen atoms in total. The molecule has 2 saturated carbocycles. The molecular formula is C35H49ClN2O2. The van der Waals surface area contributed by atoms with E-state index in [0.29, 0.717) is 10.8 Å². The molecule has 1 N–H and O–H groups in total. The maximum absolute atomic E-state index is 5.51. The van der Waals surface area contributed by atoms with Crippen LogP contribution in [0.4, 0.5) is 0 Å². The second-order valence-electron chi connectivity index (χ2n) is 13.6. The van der Waals surface area contributed by atoms with Gasteiger partial charge in [0.25, 0.3) is 0 Å². The number of likely N-dealkylation sites (tertiary alicyclic amines) is 1. The van der Waals surface area contributed by atoms with E-state index in [9.17, 15) is 0 Å². The highest BCUT2D eigenvalue weighted by atomic mass is 35.5. The standard InChI is InChI=1S/C18H25NO.C17H23NO.ClH/c1-19-10-9-18-8-4-3-5-15(18)17(19)11-13-6-7-14(20-2)12-16(13)18;1-19-13-6-5-12-10-16-14-4-2-3-7-17(14,8-9-18-16)15(12)11-13;/h6-7,12,15,17H,3-5,8-11H2,1-2H3;5-6,11,14,16,18H,2-4,7-10H2,1H3;1H/t15-,17+,18+;14-,16+,17+;/m11./s1. The third-order valence-electron chi connectivity index (χ3n) is 12.2. The van der Waals surface area contributed by atoms with Crippen LogP contribution in [0.3, 0.4) is 0 Å². The van der Waals surface area contributed by atoms with Crippen molar-refractivity contribution in [2.45, 2.75) is 100.0 Å². The summed E-state index contributed by atoms with van der Waals surface area (Å²) in [5, 5.41) is 3.78. The summed E-state index contributed by atoms with van der Waals surface area (Å²) in [6.45, 7) is 2.45. The van der Waals surface area contributed by atoms with Crippen molar-refractivity contribution in [2.24, 2.45) is 11.8 Å². The second-order valence-corrected chi connectivity index (χ2v) is 13.6. The van der Waals surface area contributed by atoms with E-state index in [1.807, 2.05) is 0 Å². The highest BCUT2D eigenvalue weighted by Gasteiger charge is 2.53. The normalized spacial score (nSPS) is 35.3. The highest BCUT2D eigenvalue weighted by Crippen LogP contribution is 2.56. The van der Waals surface area contributed by atoms with E-state index >= 15 is 0 Å². The second kappa shape index (κ2) is 11.2. The van der Waals surface area contributed by atoms with Gasteiger partial charge in [-0.25, -0.2) is 0 Å². The van der Waals surface area contributed by atoms with E-state index < -0.39 is 0 Å². The van der Waals surface area contributed by atoms with Crippen LogP contribution in [0.5, 0.6) is 11.5 Å². The van der Waals surface area contributed by atoms with Crippen LogP contribution in [0.1, 0.15) is 86.5 Å². The van der Waals surface area contributed by atoms with Gasteiger partial charge < -0.3 is 19.7 Å². The maximum atomic E-state index is 5.51. The topological polar surface area (TPSA) is 33.7 Å². The Balaban J connectivity index is 0.000000141. The van der Waals surface area contributed by atoms with Gasteiger partial charge in [-0.05, 0) is 130 Å². The molecule has 6 aliphatic rings. The van der Waals surface area contributed by atoms with Crippen LogP contribution in [-0.2, 0) is 23.7 Å². The van der Waals surface area contributed by atoms with E-state index in [-0.39, 0.29) is 12.4 Å². The lowest BCUT2D eigenvalue weighted by Gasteiger charge is -2.58. The molecule has 0 spiro atoms. The first-order chi connectivity index (χ1) is 19.1. The number of methoxy groups -OCH3 is 2. The number of nitrogens with one attached hydrogen (secondary N) is 1. The van der Waals surface area contributed by atoms with Crippen LogP contribution in [-0.4, -0.2) is 51.3 Å². The highest BCUT2D eigenvalue weighted by molar-refractivity contribution is 5.85. The molecule has 0 amide bonds. The Kier molecular flexibility index (Phi) is 7.91. The molecule has 0 radical (unpaired) electrons. The number of likely N-dealkylation sites (N-methyl/N-ethyl adjacent to an activating group) is 1. The summed E-state index contributed by atoms with van der Waals surface area (Å²) >= 11 is 0. The van der Waals surface area contributed by atoms with E-state index in [0.717, 1.165) is 35.4 Å². The number of rotatable bonds is 2. The van der Waals surface area contributed by atoms with Gasteiger partial charge in [0.1, 0.15) is 11.5 Å². The number of hydrogen-bond acceptors (Lipinski definition) is 4. The number of ether oxygens (including phenoxy) is 2. The van der Waals surface area contributed by atoms with Gasteiger partial charge in [0.05, 0.1) is 14.2 Å². The fraction of sp³-hybridized carbons (Fsp3) is 0.657. The summed E-state index contributed by atoms with van der Waals surface area (Å²) in [7, 11) is 5.90. The summed E-state index contributed by atoms with van der Waals surface area (Å²) < 4.78 is 11.0. The number of halogens is 1. The largest absolute Gasteiger partial charge is 0.497 e. The third-order valence-corrected chi connectivity index (χ3v) is 12.2. The quantitative estimate of drug-likeness (QED) is 0.433. The molecule has 0 aromatic heterocycles. The lowest BCUT2D eigenvalue weighted by Crippen LogP contribution is -2.59. The Bertz CT molecular complexity index is 1210. The number of benzene rings is 2. The fourth-order valence-corrected chi connectivity index (χ4v) is 10.3. The average molecular weight is 565 g/mol. The monoisotopic (exact) mass is 564 g/mol. The van der Waals surface area contributed by atoms with Gasteiger partial charge in [-0.15, -0.1) is 12.4 Å². The lowest BCUT2D eigenvalue weighted by atomic mass is 9.52. The molecular weight excluding hydrogens is 516 g/mol. The SMILES string of the molecule is COc1ccc2c(c1)[C@]13CCCC[C@@H]1[C@H](C2)N(C)CC3.COc1ccc2c(c1)[C@]13CCCC[C@@H]1[C@H](C2)NCC3.Cl. The first kappa shape index (κ1) is 28.4. The molecule has 8 rings (SSSR count). The van der Waals surface area contributed by atoms with Crippen molar-refractivity contribution < 1.29 is 9.47 Å². The van der Waals surface area contributed by atoms with Crippen molar-refractivity contribution in [3.63, 3.8) is 0 Å². The van der Waals surface area contributed by atoms with Gasteiger partial charge in [-0.2, -0.15) is 0 Å². The molecule has 0 unspecified atom stereocenters. The molecule has 2 heterocycles. The zero-order valence-electron chi connectivity index (χ0n) is 24.8. The minimum atomic E-state index is 0. The molecule has 4 fully saturated rings. The smallest absolute Gasteiger partial charge is 0.119 e. The minimum absolute atomic E-state index is 0. The van der Waals surface area contributed by atoms with Crippen molar-refractivity contribution in [3.05, 3.63) is 58.7 Å². The molecule has 2 saturated heterocycles. The fourth-order valence-electron chi connectivity index (χ4n) is 10.3. The molecule has 4 aliphatic carbocycles. The van der Waals surface area contributed by atoms with Gasteiger partial charge in [-0.3, -0.25) is 0 Å². The lowest BCUT2D eigenvalue weighted by molar-refractivity contribution is 0.00274. The summed E-state index contributed by atoms with van der Waals surface area (Å²) in [6.07, 6.45) is 16.4. The van der Waals surface area contributed by atoms with E-state index in [1.165, 1.54) is 90.1 Å². The first-order valence-corrected chi connectivity index (χ1v) is 15.9. The zero-order chi connectivity index (χ0) is 26.6. The minimum Gasteiger partial charge on any atom is -0.497 e. The predicted molar refractivity (Wildman–Crippen MR) is 165 cm³/mol. The summed E-state index contributed by atoms with van der Waals surface area (Å²) in [6, 6.07) is 15.1. The predicted octanol–water partition coefficient (Wildman–Crippen LogP) is 6.85. The molecule has 2 aliphatic heterocycles. The average Bonchev–Trinajstić information content (AvgIpc) is 2.99. The number of hydrogen-bond donors (Lipinski definition) is 1. The van der Waals surface area contributed by atoms with Crippen LogP contribution in [0, 0.1) is 11.8 Å². The Hall–Kier alpha value is -1.75. The van der Waals surface area contributed by atoms with Gasteiger partial charge in [-0.1, -0.05) is 37.8 Å². The Labute approximate surface area is 248 Å². The zero-order valence-corrected chi connectivity index (χ0v) is 25.7. The van der Waals surface area contributed by atoms with Gasteiger partial charge in [0, 0.05) is 22.9 Å². The Morgan fingerprint density at radius 3 is 2.00 bits per heavy atom. The van der Waals surface area contributed by atoms with Crippen molar-refractivity contribution in [1.82, 2.24) is 10.2 Å². The van der Waals surface area contributed by atoms with Gasteiger partial charge >= 0.3 is 0 Å². The van der Waals surface area contributed by atoms with E-state index in [1.54, 1.807) is 36.5 Å². The molecule has 4 bridgehead atoms. The van der Waals surface area contributed by atoms with E-state index in [4.69, 9.17) is 9.47 Å². The molecule has 5 heteroatoms. The van der Waals surface area contributed by atoms with Crippen LogP contribution in [0.25, 0.3) is 0 Å². The number of nitrogens with zero attached hydrogens (tertiary/aromatic N) is 1. The molecule has 2 aromatic rings. The van der Waals surface area contributed by atoms with Crippen LogP contribution in [0.2, 0.25) is 0 Å².